The Balaban J connectivity index is 1.50. The van der Waals surface area contributed by atoms with Crippen LogP contribution < -0.4 is 4.74 Å². The van der Waals surface area contributed by atoms with Crippen molar-refractivity contribution in [3.63, 3.8) is 0 Å². The van der Waals surface area contributed by atoms with Crippen LogP contribution in [0.1, 0.15) is 13.3 Å². The normalized spacial score (nSPS) is 28.7. The lowest BCUT2D eigenvalue weighted by Gasteiger charge is -2.36. The van der Waals surface area contributed by atoms with Gasteiger partial charge in [-0.1, -0.05) is 18.5 Å². The molecule has 0 bridgehead atoms. The van der Waals surface area contributed by atoms with Gasteiger partial charge in [0.25, 0.3) is 5.91 Å². The molecule has 1 aromatic rings. The average Bonchev–Trinajstić information content (AvgIpc) is 2.75. The molecule has 1 saturated carbocycles. The number of hydrogen-bond acceptors (Lipinski definition) is 2. The summed E-state index contributed by atoms with van der Waals surface area (Å²) in [5.41, 5.74) is 0. The zero-order valence-corrected chi connectivity index (χ0v) is 11.8. The van der Waals surface area contributed by atoms with Crippen LogP contribution in [0.15, 0.2) is 24.3 Å². The van der Waals surface area contributed by atoms with Crippen molar-refractivity contribution in [2.24, 2.45) is 17.8 Å². The average molecular weight is 280 g/mol. The van der Waals surface area contributed by atoms with Crippen LogP contribution in [-0.2, 0) is 4.79 Å². The van der Waals surface area contributed by atoms with Gasteiger partial charge in [0.05, 0.1) is 0 Å². The fourth-order valence-electron chi connectivity index (χ4n) is 3.22. The number of hydrogen-bond donors (Lipinski definition) is 0. The van der Waals surface area contributed by atoms with E-state index in [1.165, 1.54) is 6.42 Å². The number of amides is 1. The quantitative estimate of drug-likeness (QED) is 0.851. The first-order chi connectivity index (χ1) is 9.13. The number of fused-ring (bicyclic) bond motifs is 1. The summed E-state index contributed by atoms with van der Waals surface area (Å²) in [6.45, 7) is 4.22. The van der Waals surface area contributed by atoms with Crippen LogP contribution in [0.5, 0.6) is 5.75 Å². The fraction of sp³-hybridized carbons (Fsp3) is 0.533. The number of carbonyl (C=O) groups excluding carboxylic acids is 1. The van der Waals surface area contributed by atoms with Crippen molar-refractivity contribution in [2.75, 3.05) is 19.7 Å². The van der Waals surface area contributed by atoms with Crippen molar-refractivity contribution < 1.29 is 9.53 Å². The van der Waals surface area contributed by atoms with Crippen molar-refractivity contribution >= 4 is 17.5 Å². The highest BCUT2D eigenvalue weighted by molar-refractivity contribution is 6.30. The van der Waals surface area contributed by atoms with E-state index in [-0.39, 0.29) is 12.5 Å². The van der Waals surface area contributed by atoms with E-state index in [9.17, 15) is 4.79 Å². The van der Waals surface area contributed by atoms with E-state index in [0.29, 0.717) is 10.8 Å². The minimum absolute atomic E-state index is 0.0940. The van der Waals surface area contributed by atoms with Gasteiger partial charge in [-0.05, 0) is 48.4 Å². The highest BCUT2D eigenvalue weighted by Crippen LogP contribution is 2.45. The number of rotatable bonds is 3. The van der Waals surface area contributed by atoms with Gasteiger partial charge < -0.3 is 9.64 Å². The Kier molecular flexibility index (Phi) is 3.40. The van der Waals surface area contributed by atoms with Crippen molar-refractivity contribution in [1.29, 1.82) is 0 Å². The Bertz CT molecular complexity index is 474. The Morgan fingerprint density at radius 2 is 2.11 bits per heavy atom. The summed E-state index contributed by atoms with van der Waals surface area (Å²) in [5, 5.41) is 0.670. The van der Waals surface area contributed by atoms with Gasteiger partial charge in [0.15, 0.2) is 6.61 Å². The highest BCUT2D eigenvalue weighted by atomic mass is 35.5. The van der Waals surface area contributed by atoms with E-state index in [0.717, 1.165) is 30.8 Å². The molecule has 0 aromatic heterocycles. The van der Waals surface area contributed by atoms with E-state index in [1.807, 2.05) is 4.90 Å². The number of likely N-dealkylation sites (tertiary alicyclic amines) is 1. The number of nitrogens with zero attached hydrogens (tertiary/aromatic N) is 1. The molecule has 0 spiro atoms. The zero-order valence-electron chi connectivity index (χ0n) is 11.0. The Morgan fingerprint density at radius 1 is 1.37 bits per heavy atom. The summed E-state index contributed by atoms with van der Waals surface area (Å²) < 4.78 is 5.50. The molecule has 1 aromatic carbocycles. The van der Waals surface area contributed by atoms with Gasteiger partial charge in [-0.15, -0.1) is 0 Å². The van der Waals surface area contributed by atoms with Gasteiger partial charge >= 0.3 is 0 Å². The lowest BCUT2D eigenvalue weighted by atomic mass is 9.68. The molecule has 3 rings (SSSR count). The van der Waals surface area contributed by atoms with Crippen molar-refractivity contribution in [2.45, 2.75) is 13.3 Å². The molecule has 1 aliphatic carbocycles. The third kappa shape index (κ3) is 2.57. The first-order valence-corrected chi connectivity index (χ1v) is 7.17. The van der Waals surface area contributed by atoms with Crippen LogP contribution in [0.25, 0.3) is 0 Å². The Labute approximate surface area is 118 Å². The Hall–Kier alpha value is -1.22. The van der Waals surface area contributed by atoms with Crippen LogP contribution in [0.2, 0.25) is 5.02 Å². The standard InChI is InChI=1S/C15H18ClNO2/c1-10-6-11-7-17(8-14(10)11)15(18)9-19-13-4-2-12(16)3-5-13/h2-5,10-11,14H,6-9H2,1H3/t10?,11?,14-/m0/s1. The SMILES string of the molecule is CC1CC2CN(C(=O)COc3ccc(Cl)cc3)C[C@@H]12. The van der Waals surface area contributed by atoms with Gasteiger partial charge in [0, 0.05) is 18.1 Å². The summed E-state index contributed by atoms with van der Waals surface area (Å²) in [7, 11) is 0. The molecule has 3 nitrogen and oxygen atoms in total. The summed E-state index contributed by atoms with van der Waals surface area (Å²) >= 11 is 5.80. The molecule has 0 radical (unpaired) electrons. The summed E-state index contributed by atoms with van der Waals surface area (Å²) in [5.74, 6) is 3.01. The van der Waals surface area contributed by atoms with Crippen LogP contribution in [0.4, 0.5) is 0 Å². The van der Waals surface area contributed by atoms with Crippen LogP contribution >= 0.6 is 11.6 Å². The molecule has 3 atom stereocenters. The predicted molar refractivity (Wildman–Crippen MR) is 74.3 cm³/mol. The number of carbonyl (C=O) groups is 1. The number of ether oxygens (including phenoxy) is 1. The summed E-state index contributed by atoms with van der Waals surface area (Å²) in [6.07, 6.45) is 1.27. The first-order valence-electron chi connectivity index (χ1n) is 6.79. The zero-order chi connectivity index (χ0) is 13.4. The largest absolute Gasteiger partial charge is 0.484 e. The predicted octanol–water partition coefficient (Wildman–Crippen LogP) is 2.83. The minimum Gasteiger partial charge on any atom is -0.484 e. The topological polar surface area (TPSA) is 29.5 Å². The second-order valence-electron chi connectivity index (χ2n) is 5.68. The summed E-state index contributed by atoms with van der Waals surface area (Å²) in [4.78, 5) is 14.0. The minimum atomic E-state index is 0.0940. The second kappa shape index (κ2) is 5.04. The molecule has 1 amide bonds. The third-order valence-electron chi connectivity index (χ3n) is 4.43. The maximum Gasteiger partial charge on any atom is 0.260 e. The van der Waals surface area contributed by atoms with Crippen molar-refractivity contribution in [3.8, 4) is 5.75 Å². The van der Waals surface area contributed by atoms with Crippen molar-refractivity contribution in [3.05, 3.63) is 29.3 Å². The molecule has 102 valence electrons. The molecule has 1 heterocycles. The third-order valence-corrected chi connectivity index (χ3v) is 4.68. The van der Waals surface area contributed by atoms with Crippen LogP contribution in [0.3, 0.4) is 0 Å². The van der Waals surface area contributed by atoms with Gasteiger partial charge in [0.1, 0.15) is 5.75 Å². The lowest BCUT2D eigenvalue weighted by Crippen LogP contribution is -2.33. The maximum absolute atomic E-state index is 12.1. The molecular formula is C15H18ClNO2. The van der Waals surface area contributed by atoms with E-state index in [4.69, 9.17) is 16.3 Å². The molecule has 2 aliphatic rings. The molecule has 2 unspecified atom stereocenters. The number of benzene rings is 1. The van der Waals surface area contributed by atoms with E-state index < -0.39 is 0 Å². The van der Waals surface area contributed by atoms with Crippen LogP contribution in [0, 0.1) is 17.8 Å². The van der Waals surface area contributed by atoms with Crippen LogP contribution in [-0.4, -0.2) is 30.5 Å². The fourth-order valence-corrected chi connectivity index (χ4v) is 3.34. The maximum atomic E-state index is 12.1. The lowest BCUT2D eigenvalue weighted by molar-refractivity contribution is -0.132. The molecule has 1 saturated heterocycles. The smallest absolute Gasteiger partial charge is 0.260 e. The Morgan fingerprint density at radius 3 is 2.74 bits per heavy atom. The van der Waals surface area contributed by atoms with Gasteiger partial charge in [-0.25, -0.2) is 0 Å². The molecule has 4 heteroatoms. The molecule has 0 N–H and O–H groups in total. The molecule has 2 fully saturated rings. The van der Waals surface area contributed by atoms with E-state index in [1.54, 1.807) is 24.3 Å². The second-order valence-corrected chi connectivity index (χ2v) is 6.11. The summed E-state index contributed by atoms with van der Waals surface area (Å²) in [6, 6.07) is 7.09. The molecular weight excluding hydrogens is 262 g/mol. The van der Waals surface area contributed by atoms with E-state index in [2.05, 4.69) is 6.92 Å². The van der Waals surface area contributed by atoms with Gasteiger partial charge in [-0.2, -0.15) is 0 Å². The number of halogens is 1. The first kappa shape index (κ1) is 12.8. The molecule has 1 aliphatic heterocycles. The highest BCUT2D eigenvalue weighted by Gasteiger charge is 2.45. The van der Waals surface area contributed by atoms with E-state index >= 15 is 0 Å². The monoisotopic (exact) mass is 279 g/mol. The van der Waals surface area contributed by atoms with Gasteiger partial charge in [0.2, 0.25) is 0 Å². The van der Waals surface area contributed by atoms with Gasteiger partial charge in [-0.3, -0.25) is 4.79 Å². The van der Waals surface area contributed by atoms with Crippen molar-refractivity contribution in [1.82, 2.24) is 4.90 Å². The molecule has 19 heavy (non-hydrogen) atoms.